The first kappa shape index (κ1) is 22.6. The third-order valence-corrected chi connectivity index (χ3v) is 5.70. The first-order valence-corrected chi connectivity index (χ1v) is 11.0. The molecule has 0 heterocycles. The van der Waals surface area contributed by atoms with E-state index in [0.29, 0.717) is 42.8 Å². The monoisotopic (exact) mass is 489 g/mol. The van der Waals surface area contributed by atoms with Gasteiger partial charge in [0.05, 0.1) is 12.7 Å². The van der Waals surface area contributed by atoms with Gasteiger partial charge in [0.25, 0.3) is 0 Å². The number of hydrogen-bond donors (Lipinski definition) is 2. The maximum Gasteiger partial charge on any atom is 0.162 e. The van der Waals surface area contributed by atoms with Crippen LogP contribution in [0, 0.1) is 0 Å². The van der Waals surface area contributed by atoms with Crippen molar-refractivity contribution in [1.29, 1.82) is 0 Å². The summed E-state index contributed by atoms with van der Waals surface area (Å²) in [5.41, 5.74) is 2.82. The van der Waals surface area contributed by atoms with Crippen LogP contribution < -0.4 is 14.8 Å². The molecule has 0 spiro atoms. The highest BCUT2D eigenvalue weighted by Crippen LogP contribution is 2.35. The summed E-state index contributed by atoms with van der Waals surface area (Å²) in [6.45, 7) is 3.85. The number of aliphatic hydroxyl groups is 1. The van der Waals surface area contributed by atoms with Crippen LogP contribution in [0.5, 0.6) is 11.5 Å². The highest BCUT2D eigenvalue weighted by Gasteiger charge is 2.13. The molecule has 1 atom stereocenters. The number of benzene rings is 3. The van der Waals surface area contributed by atoms with Gasteiger partial charge in [0.15, 0.2) is 11.5 Å². The van der Waals surface area contributed by atoms with Crippen LogP contribution in [0.2, 0.25) is 5.02 Å². The predicted octanol–water partition coefficient (Wildman–Crippen LogP) is 5.90. The van der Waals surface area contributed by atoms with Gasteiger partial charge in [-0.15, -0.1) is 0 Å². The van der Waals surface area contributed by atoms with E-state index in [9.17, 15) is 5.11 Å². The Morgan fingerprint density at radius 3 is 2.40 bits per heavy atom. The van der Waals surface area contributed by atoms with E-state index in [-0.39, 0.29) is 0 Å². The number of nitrogens with one attached hydrogen (secondary N) is 1. The first-order chi connectivity index (χ1) is 14.6. The molecule has 0 aromatic heterocycles. The van der Waals surface area contributed by atoms with Crippen LogP contribution in [0.25, 0.3) is 0 Å². The van der Waals surface area contributed by atoms with Crippen molar-refractivity contribution in [3.8, 4) is 11.5 Å². The average molecular weight is 491 g/mol. The molecule has 0 aliphatic carbocycles. The molecule has 0 fully saturated rings. The van der Waals surface area contributed by atoms with Crippen LogP contribution in [0.4, 0.5) is 0 Å². The molecule has 2 N–H and O–H groups in total. The second-order valence-electron chi connectivity index (χ2n) is 6.76. The lowest BCUT2D eigenvalue weighted by atomic mass is 10.1. The number of rotatable bonds is 10. The third-order valence-electron chi connectivity index (χ3n) is 4.59. The molecule has 3 aromatic rings. The molecule has 0 bridgehead atoms. The van der Waals surface area contributed by atoms with Gasteiger partial charge in [-0.05, 0) is 36.2 Å². The zero-order valence-corrected chi connectivity index (χ0v) is 19.1. The molecule has 0 aliphatic rings. The van der Waals surface area contributed by atoms with Gasteiger partial charge in [-0.2, -0.15) is 0 Å². The zero-order chi connectivity index (χ0) is 21.3. The molecule has 0 radical (unpaired) electrons. The minimum Gasteiger partial charge on any atom is -0.490 e. The number of halogens is 2. The fourth-order valence-electron chi connectivity index (χ4n) is 3.00. The molecular weight excluding hydrogens is 466 g/mol. The molecule has 0 saturated carbocycles. The Labute approximate surface area is 190 Å². The summed E-state index contributed by atoms with van der Waals surface area (Å²) in [5, 5.41) is 14.3. The maximum atomic E-state index is 10.3. The highest BCUT2D eigenvalue weighted by molar-refractivity contribution is 9.10. The van der Waals surface area contributed by atoms with Crippen LogP contribution in [-0.4, -0.2) is 18.3 Å². The smallest absolute Gasteiger partial charge is 0.162 e. The van der Waals surface area contributed by atoms with Gasteiger partial charge >= 0.3 is 0 Å². The molecule has 0 aliphatic heterocycles. The lowest BCUT2D eigenvalue weighted by Crippen LogP contribution is -2.21. The van der Waals surface area contributed by atoms with Crippen LogP contribution in [0.15, 0.2) is 71.2 Å². The summed E-state index contributed by atoms with van der Waals surface area (Å²) >= 11 is 9.85. The Balaban J connectivity index is 1.65. The summed E-state index contributed by atoms with van der Waals surface area (Å²) in [6.07, 6.45) is -0.561. The van der Waals surface area contributed by atoms with E-state index in [1.54, 1.807) is 0 Å². The molecule has 0 saturated heterocycles. The van der Waals surface area contributed by atoms with Crippen LogP contribution in [0.1, 0.15) is 29.7 Å². The van der Waals surface area contributed by atoms with Gasteiger partial charge < -0.3 is 19.9 Å². The van der Waals surface area contributed by atoms with Crippen molar-refractivity contribution in [2.75, 3.05) is 13.2 Å². The first-order valence-electron chi connectivity index (χ1n) is 9.83. The Bertz CT molecular complexity index is 952. The lowest BCUT2D eigenvalue weighted by molar-refractivity contribution is 0.174. The van der Waals surface area contributed by atoms with Gasteiger partial charge in [-0.3, -0.25) is 0 Å². The molecule has 30 heavy (non-hydrogen) atoms. The topological polar surface area (TPSA) is 50.7 Å². The second kappa shape index (κ2) is 11.4. The van der Waals surface area contributed by atoms with E-state index >= 15 is 0 Å². The van der Waals surface area contributed by atoms with Gasteiger partial charge in [-0.1, -0.05) is 76.1 Å². The largest absolute Gasteiger partial charge is 0.490 e. The summed E-state index contributed by atoms with van der Waals surface area (Å²) in [4.78, 5) is 0. The SMILES string of the molecule is CCOc1cc(CNCC(O)c2ccccc2)c(Br)cc1OCc1ccccc1Cl. The fraction of sp³-hybridized carbons (Fsp3) is 0.250. The van der Waals surface area contributed by atoms with E-state index in [2.05, 4.69) is 21.2 Å². The summed E-state index contributed by atoms with van der Waals surface area (Å²) in [5.74, 6) is 1.32. The molecule has 6 heteroatoms. The number of hydrogen-bond acceptors (Lipinski definition) is 4. The van der Waals surface area contributed by atoms with Crippen molar-refractivity contribution in [2.24, 2.45) is 0 Å². The van der Waals surface area contributed by atoms with Gasteiger partial charge in [0, 0.05) is 28.1 Å². The Kier molecular flexibility index (Phi) is 8.58. The number of ether oxygens (including phenoxy) is 2. The average Bonchev–Trinajstić information content (AvgIpc) is 2.76. The predicted molar refractivity (Wildman–Crippen MR) is 124 cm³/mol. The van der Waals surface area contributed by atoms with E-state index in [1.165, 1.54) is 0 Å². The molecule has 0 amide bonds. The van der Waals surface area contributed by atoms with Gasteiger partial charge in [0.1, 0.15) is 6.61 Å². The van der Waals surface area contributed by atoms with Crippen LogP contribution >= 0.6 is 27.5 Å². The zero-order valence-electron chi connectivity index (χ0n) is 16.8. The van der Waals surface area contributed by atoms with E-state index in [0.717, 1.165) is 21.2 Å². The second-order valence-corrected chi connectivity index (χ2v) is 8.02. The van der Waals surface area contributed by atoms with Crippen molar-refractivity contribution >= 4 is 27.5 Å². The van der Waals surface area contributed by atoms with Gasteiger partial charge in [-0.25, -0.2) is 0 Å². The van der Waals surface area contributed by atoms with E-state index in [4.69, 9.17) is 21.1 Å². The van der Waals surface area contributed by atoms with Crippen molar-refractivity contribution in [3.63, 3.8) is 0 Å². The summed E-state index contributed by atoms with van der Waals surface area (Å²) < 4.78 is 12.7. The minimum absolute atomic E-state index is 0.354. The van der Waals surface area contributed by atoms with Crippen LogP contribution in [-0.2, 0) is 13.2 Å². The van der Waals surface area contributed by atoms with Gasteiger partial charge in [0.2, 0.25) is 0 Å². The standard InChI is InChI=1S/C24H25BrClNO3/c1-2-29-23-12-19(14-27-15-22(28)17-8-4-3-5-9-17)20(25)13-24(23)30-16-18-10-6-7-11-21(18)26/h3-13,22,27-28H,2,14-16H2,1H3. The van der Waals surface area contributed by atoms with Crippen molar-refractivity contribution in [2.45, 2.75) is 26.2 Å². The third kappa shape index (κ3) is 6.22. The molecular formula is C24H25BrClNO3. The molecule has 158 valence electrons. The quantitative estimate of drug-likeness (QED) is 0.371. The van der Waals surface area contributed by atoms with Crippen molar-refractivity contribution in [3.05, 3.63) is 92.9 Å². The molecule has 1 unspecified atom stereocenters. The highest BCUT2D eigenvalue weighted by atomic mass is 79.9. The molecule has 4 nitrogen and oxygen atoms in total. The van der Waals surface area contributed by atoms with E-state index in [1.807, 2.05) is 73.7 Å². The lowest BCUT2D eigenvalue weighted by Gasteiger charge is -2.17. The minimum atomic E-state index is -0.561. The Morgan fingerprint density at radius 2 is 1.67 bits per heavy atom. The molecule has 3 aromatic carbocycles. The summed E-state index contributed by atoms with van der Waals surface area (Å²) in [6, 6.07) is 21.1. The Hall–Kier alpha value is -2.05. The summed E-state index contributed by atoms with van der Waals surface area (Å²) in [7, 11) is 0. The normalized spacial score (nSPS) is 11.9. The van der Waals surface area contributed by atoms with Crippen LogP contribution in [0.3, 0.4) is 0 Å². The van der Waals surface area contributed by atoms with Crippen molar-refractivity contribution in [1.82, 2.24) is 5.32 Å². The maximum absolute atomic E-state index is 10.3. The Morgan fingerprint density at radius 1 is 0.967 bits per heavy atom. The fourth-order valence-corrected chi connectivity index (χ4v) is 3.65. The van der Waals surface area contributed by atoms with E-state index < -0.39 is 6.10 Å². The number of aliphatic hydroxyl groups excluding tert-OH is 1. The molecule has 3 rings (SSSR count). The van der Waals surface area contributed by atoms with Crippen molar-refractivity contribution < 1.29 is 14.6 Å².